The van der Waals surface area contributed by atoms with Gasteiger partial charge in [-0.1, -0.05) is 90.1 Å². The van der Waals surface area contributed by atoms with E-state index in [4.69, 9.17) is 26.1 Å². The maximum absolute atomic E-state index is 13.4. The van der Waals surface area contributed by atoms with Gasteiger partial charge in [0.1, 0.15) is 11.0 Å². The normalized spacial score (nSPS) is 10.7. The molecule has 0 spiro atoms. The van der Waals surface area contributed by atoms with Crippen molar-refractivity contribution in [1.29, 1.82) is 0 Å². The number of likely N-dealkylation sites (N-methyl/N-ethyl adjacent to an activating group) is 1. The topological polar surface area (TPSA) is 67.8 Å². The fourth-order valence-electron chi connectivity index (χ4n) is 4.32. The van der Waals surface area contributed by atoms with Gasteiger partial charge in [-0.2, -0.15) is 0 Å². The molecule has 1 heterocycles. The lowest BCUT2D eigenvalue weighted by molar-refractivity contribution is -0.128. The minimum absolute atomic E-state index is 0.0294. The van der Waals surface area contributed by atoms with Gasteiger partial charge >= 0.3 is 0 Å². The summed E-state index contributed by atoms with van der Waals surface area (Å²) in [4.78, 5) is 26.4. The number of rotatable bonds is 14. The van der Waals surface area contributed by atoms with Crippen LogP contribution in [0.15, 0.2) is 90.1 Å². The molecule has 0 saturated carbocycles. The van der Waals surface area contributed by atoms with Gasteiger partial charge in [-0.15, -0.1) is 0 Å². The Morgan fingerprint density at radius 1 is 0.805 bits per heavy atom. The zero-order valence-electron chi connectivity index (χ0n) is 23.6. The van der Waals surface area contributed by atoms with E-state index in [2.05, 4.69) is 17.1 Å². The number of amides is 1. The Kier molecular flexibility index (Phi) is 11.3. The molecule has 7 nitrogen and oxygen atoms in total. The van der Waals surface area contributed by atoms with Gasteiger partial charge < -0.3 is 19.3 Å². The molecule has 0 saturated heterocycles. The van der Waals surface area contributed by atoms with Crippen molar-refractivity contribution in [3.63, 3.8) is 0 Å². The monoisotopic (exact) mass is 590 g/mol. The first-order valence-electron chi connectivity index (χ1n) is 13.4. The SMILES string of the molecule is COc1ccc(CCN(C)c2cc(Cl)nc(SCC(=O)N(CCc3ccccc3)Cc3ccccc3)n2)cc1OC. The van der Waals surface area contributed by atoms with E-state index < -0.39 is 0 Å². The Morgan fingerprint density at radius 2 is 1.46 bits per heavy atom. The molecule has 0 unspecified atom stereocenters. The smallest absolute Gasteiger partial charge is 0.233 e. The van der Waals surface area contributed by atoms with Crippen LogP contribution in [0.2, 0.25) is 5.15 Å². The molecule has 4 aromatic rings. The van der Waals surface area contributed by atoms with Crippen molar-refractivity contribution < 1.29 is 14.3 Å². The van der Waals surface area contributed by atoms with Crippen LogP contribution in [0.4, 0.5) is 5.82 Å². The van der Waals surface area contributed by atoms with Crippen LogP contribution in [0.5, 0.6) is 11.5 Å². The van der Waals surface area contributed by atoms with Crippen LogP contribution in [0.3, 0.4) is 0 Å². The molecule has 1 amide bonds. The Morgan fingerprint density at radius 3 is 2.15 bits per heavy atom. The number of thioether (sulfide) groups is 1. The number of aromatic nitrogens is 2. The third kappa shape index (κ3) is 9.13. The lowest BCUT2D eigenvalue weighted by atomic mass is 10.1. The number of carbonyl (C=O) groups excluding carboxylic acids is 1. The number of hydrogen-bond donors (Lipinski definition) is 0. The van der Waals surface area contributed by atoms with E-state index in [9.17, 15) is 4.79 Å². The highest BCUT2D eigenvalue weighted by molar-refractivity contribution is 7.99. The average Bonchev–Trinajstić information content (AvgIpc) is 3.01. The third-order valence-electron chi connectivity index (χ3n) is 6.64. The van der Waals surface area contributed by atoms with Gasteiger partial charge in [0.15, 0.2) is 16.7 Å². The van der Waals surface area contributed by atoms with E-state index in [1.165, 1.54) is 17.3 Å². The Hall–Kier alpha value is -3.75. The number of halogens is 1. The van der Waals surface area contributed by atoms with Crippen LogP contribution >= 0.6 is 23.4 Å². The Balaban J connectivity index is 1.38. The lowest BCUT2D eigenvalue weighted by Crippen LogP contribution is -2.34. The zero-order chi connectivity index (χ0) is 29.0. The minimum Gasteiger partial charge on any atom is -0.493 e. The molecule has 0 bridgehead atoms. The van der Waals surface area contributed by atoms with Crippen molar-refractivity contribution in [1.82, 2.24) is 14.9 Å². The van der Waals surface area contributed by atoms with Crippen LogP contribution in [0.1, 0.15) is 16.7 Å². The third-order valence-corrected chi connectivity index (χ3v) is 7.67. The summed E-state index contributed by atoms with van der Waals surface area (Å²) in [5.74, 6) is 2.35. The summed E-state index contributed by atoms with van der Waals surface area (Å²) in [5, 5.41) is 0.815. The first-order valence-corrected chi connectivity index (χ1v) is 14.8. The quantitative estimate of drug-likeness (QED) is 0.0985. The summed E-state index contributed by atoms with van der Waals surface area (Å²) in [6, 6.07) is 27.9. The molecule has 214 valence electrons. The lowest BCUT2D eigenvalue weighted by Gasteiger charge is -2.23. The standard InChI is InChI=1S/C32H35ClN4O3S/c1-36(18-16-25-14-15-27(39-2)28(20-25)40-3)30-21-29(33)34-32(35-30)41-23-31(38)37(22-26-12-8-5-9-13-26)19-17-24-10-6-4-7-11-24/h4-15,20-21H,16-19,22-23H2,1-3H3. The molecular weight excluding hydrogens is 556 g/mol. The van der Waals surface area contributed by atoms with Gasteiger partial charge in [0.25, 0.3) is 0 Å². The maximum Gasteiger partial charge on any atom is 0.233 e. The Bertz CT molecular complexity index is 1410. The number of ether oxygens (including phenoxy) is 2. The van der Waals surface area contributed by atoms with E-state index in [1.54, 1.807) is 20.3 Å². The van der Waals surface area contributed by atoms with Gasteiger partial charge in [-0.05, 0) is 41.7 Å². The van der Waals surface area contributed by atoms with Crippen molar-refractivity contribution in [2.75, 3.05) is 45.0 Å². The van der Waals surface area contributed by atoms with Gasteiger partial charge in [-0.25, -0.2) is 9.97 Å². The second kappa shape index (κ2) is 15.3. The molecule has 3 aromatic carbocycles. The van der Waals surface area contributed by atoms with Crippen molar-refractivity contribution in [3.05, 3.63) is 107 Å². The number of benzene rings is 3. The van der Waals surface area contributed by atoms with Gasteiger partial charge in [0.05, 0.1) is 20.0 Å². The number of anilines is 1. The predicted molar refractivity (Wildman–Crippen MR) is 166 cm³/mol. The summed E-state index contributed by atoms with van der Waals surface area (Å²) >= 11 is 7.67. The van der Waals surface area contributed by atoms with Crippen LogP contribution in [0.25, 0.3) is 0 Å². The van der Waals surface area contributed by atoms with E-state index >= 15 is 0 Å². The van der Waals surface area contributed by atoms with Gasteiger partial charge in [0.2, 0.25) is 5.91 Å². The molecule has 0 fully saturated rings. The van der Waals surface area contributed by atoms with Crippen molar-refractivity contribution in [3.8, 4) is 11.5 Å². The molecule has 0 aliphatic rings. The highest BCUT2D eigenvalue weighted by atomic mass is 35.5. The largest absolute Gasteiger partial charge is 0.493 e. The number of nitrogens with zero attached hydrogens (tertiary/aromatic N) is 4. The summed E-state index contributed by atoms with van der Waals surface area (Å²) in [6.45, 7) is 1.88. The van der Waals surface area contributed by atoms with Crippen LogP contribution in [-0.2, 0) is 24.2 Å². The van der Waals surface area contributed by atoms with Crippen molar-refractivity contribution in [2.45, 2.75) is 24.5 Å². The molecule has 41 heavy (non-hydrogen) atoms. The van der Waals surface area contributed by atoms with Crippen molar-refractivity contribution in [2.24, 2.45) is 0 Å². The fourth-order valence-corrected chi connectivity index (χ4v) is 5.30. The molecule has 0 atom stereocenters. The summed E-state index contributed by atoms with van der Waals surface area (Å²) in [5.41, 5.74) is 3.41. The molecule has 1 aromatic heterocycles. The fraction of sp³-hybridized carbons (Fsp3) is 0.281. The molecule has 9 heteroatoms. The molecule has 4 rings (SSSR count). The zero-order valence-corrected chi connectivity index (χ0v) is 25.2. The highest BCUT2D eigenvalue weighted by Crippen LogP contribution is 2.28. The number of carbonyl (C=O) groups is 1. The number of hydrogen-bond acceptors (Lipinski definition) is 7. The van der Waals surface area contributed by atoms with E-state index in [0.717, 1.165) is 24.0 Å². The molecule has 0 radical (unpaired) electrons. The first-order chi connectivity index (χ1) is 19.9. The molecule has 0 N–H and O–H groups in total. The molecule has 0 aliphatic heterocycles. The van der Waals surface area contributed by atoms with Crippen LogP contribution < -0.4 is 14.4 Å². The van der Waals surface area contributed by atoms with E-state index in [0.29, 0.717) is 47.3 Å². The molecule has 0 aliphatic carbocycles. The minimum atomic E-state index is 0.0294. The first kappa shape index (κ1) is 30.2. The van der Waals surface area contributed by atoms with Gasteiger partial charge in [-0.3, -0.25) is 4.79 Å². The van der Waals surface area contributed by atoms with Crippen LogP contribution in [-0.4, -0.2) is 60.9 Å². The predicted octanol–water partition coefficient (Wildman–Crippen LogP) is 6.19. The Labute approximate surface area is 251 Å². The number of methoxy groups -OCH3 is 2. The van der Waals surface area contributed by atoms with E-state index in [1.807, 2.05) is 83.6 Å². The second-order valence-corrected chi connectivity index (χ2v) is 10.8. The van der Waals surface area contributed by atoms with E-state index in [-0.39, 0.29) is 11.7 Å². The maximum atomic E-state index is 13.4. The van der Waals surface area contributed by atoms with Gasteiger partial charge in [0, 0.05) is 32.7 Å². The summed E-state index contributed by atoms with van der Waals surface area (Å²) in [6.07, 6.45) is 1.56. The highest BCUT2D eigenvalue weighted by Gasteiger charge is 2.17. The summed E-state index contributed by atoms with van der Waals surface area (Å²) < 4.78 is 10.8. The van der Waals surface area contributed by atoms with Crippen molar-refractivity contribution >= 4 is 35.1 Å². The average molecular weight is 591 g/mol. The summed E-state index contributed by atoms with van der Waals surface area (Å²) in [7, 11) is 5.22. The second-order valence-electron chi connectivity index (χ2n) is 9.52. The van der Waals surface area contributed by atoms with Crippen LogP contribution in [0, 0.1) is 0 Å². The molecular formula is C32H35ClN4O3S.